The SMILES string of the molecule is COc1ccc(NC(=O)Cn2ncc3cccc([N+](=O)[O-])c32)cc1. The summed E-state index contributed by atoms with van der Waals surface area (Å²) < 4.78 is 6.38. The number of nitrogens with zero attached hydrogens (tertiary/aromatic N) is 3. The topological polar surface area (TPSA) is 99.3 Å². The number of amides is 1. The van der Waals surface area contributed by atoms with E-state index in [1.54, 1.807) is 43.5 Å². The average Bonchev–Trinajstić information content (AvgIpc) is 2.98. The van der Waals surface area contributed by atoms with Gasteiger partial charge in [0.05, 0.1) is 18.2 Å². The quantitative estimate of drug-likeness (QED) is 0.574. The van der Waals surface area contributed by atoms with E-state index in [1.165, 1.54) is 16.9 Å². The normalized spacial score (nSPS) is 10.5. The van der Waals surface area contributed by atoms with E-state index in [2.05, 4.69) is 10.4 Å². The molecule has 122 valence electrons. The van der Waals surface area contributed by atoms with Gasteiger partial charge in [0.1, 0.15) is 17.8 Å². The summed E-state index contributed by atoms with van der Waals surface area (Å²) >= 11 is 0. The Kier molecular flexibility index (Phi) is 4.11. The molecule has 0 bridgehead atoms. The number of hydrogen-bond donors (Lipinski definition) is 1. The van der Waals surface area contributed by atoms with E-state index in [0.29, 0.717) is 22.3 Å². The minimum atomic E-state index is -0.484. The van der Waals surface area contributed by atoms with Crippen LogP contribution in [0.3, 0.4) is 0 Å². The number of methoxy groups -OCH3 is 1. The molecule has 0 fully saturated rings. The van der Waals surface area contributed by atoms with Crippen LogP contribution in [-0.4, -0.2) is 27.7 Å². The lowest BCUT2D eigenvalue weighted by Gasteiger charge is -2.07. The van der Waals surface area contributed by atoms with Gasteiger partial charge in [0.2, 0.25) is 5.91 Å². The Labute approximate surface area is 136 Å². The molecule has 1 aromatic heterocycles. The van der Waals surface area contributed by atoms with E-state index in [1.807, 2.05) is 0 Å². The van der Waals surface area contributed by atoms with Crippen molar-refractivity contribution in [2.45, 2.75) is 6.54 Å². The Morgan fingerprint density at radius 1 is 1.29 bits per heavy atom. The van der Waals surface area contributed by atoms with Crippen LogP contribution in [-0.2, 0) is 11.3 Å². The Hall–Kier alpha value is -3.42. The van der Waals surface area contributed by atoms with E-state index < -0.39 is 4.92 Å². The van der Waals surface area contributed by atoms with E-state index >= 15 is 0 Å². The second-order valence-corrected chi connectivity index (χ2v) is 5.05. The summed E-state index contributed by atoms with van der Waals surface area (Å²) in [4.78, 5) is 22.9. The van der Waals surface area contributed by atoms with Crippen LogP contribution in [0.25, 0.3) is 10.9 Å². The van der Waals surface area contributed by atoms with Crippen LogP contribution < -0.4 is 10.1 Å². The molecule has 0 radical (unpaired) electrons. The molecular formula is C16H14N4O4. The second-order valence-electron chi connectivity index (χ2n) is 5.05. The Morgan fingerprint density at radius 2 is 2.04 bits per heavy atom. The van der Waals surface area contributed by atoms with Crippen LogP contribution in [0.1, 0.15) is 0 Å². The molecule has 0 spiro atoms. The third kappa shape index (κ3) is 3.02. The number of benzene rings is 2. The minimum Gasteiger partial charge on any atom is -0.497 e. The zero-order valence-electron chi connectivity index (χ0n) is 12.8. The molecule has 8 nitrogen and oxygen atoms in total. The van der Waals surface area contributed by atoms with Crippen LogP contribution in [0.2, 0.25) is 0 Å². The van der Waals surface area contributed by atoms with Crippen LogP contribution >= 0.6 is 0 Å². The van der Waals surface area contributed by atoms with Gasteiger partial charge in [0.15, 0.2) is 0 Å². The first kappa shape index (κ1) is 15.5. The van der Waals surface area contributed by atoms with Gasteiger partial charge in [-0.05, 0) is 24.3 Å². The van der Waals surface area contributed by atoms with E-state index in [0.717, 1.165) is 0 Å². The monoisotopic (exact) mass is 326 g/mol. The summed E-state index contributed by atoms with van der Waals surface area (Å²) in [5.74, 6) is 0.352. The van der Waals surface area contributed by atoms with E-state index in [-0.39, 0.29) is 18.1 Å². The second kappa shape index (κ2) is 6.37. The van der Waals surface area contributed by atoms with Gasteiger partial charge in [0.25, 0.3) is 5.69 Å². The van der Waals surface area contributed by atoms with E-state index in [4.69, 9.17) is 4.74 Å². The molecule has 24 heavy (non-hydrogen) atoms. The van der Waals surface area contributed by atoms with Gasteiger partial charge in [-0.25, -0.2) is 4.68 Å². The number of para-hydroxylation sites is 1. The number of carbonyl (C=O) groups is 1. The lowest BCUT2D eigenvalue weighted by atomic mass is 10.2. The first-order chi connectivity index (χ1) is 11.6. The summed E-state index contributed by atoms with van der Waals surface area (Å²) in [5.41, 5.74) is 0.849. The van der Waals surface area contributed by atoms with Gasteiger partial charge in [-0.15, -0.1) is 0 Å². The summed E-state index contributed by atoms with van der Waals surface area (Å²) in [6.45, 7) is -0.125. The summed E-state index contributed by atoms with van der Waals surface area (Å²) in [6.07, 6.45) is 1.50. The third-order valence-corrected chi connectivity index (χ3v) is 3.50. The highest BCUT2D eigenvalue weighted by molar-refractivity contribution is 5.93. The number of hydrogen-bond acceptors (Lipinski definition) is 5. The fourth-order valence-corrected chi connectivity index (χ4v) is 2.40. The number of rotatable bonds is 5. The average molecular weight is 326 g/mol. The molecule has 3 aromatic rings. The molecule has 0 aliphatic carbocycles. The molecule has 0 unspecified atom stereocenters. The fourth-order valence-electron chi connectivity index (χ4n) is 2.40. The van der Waals surface area contributed by atoms with Gasteiger partial charge >= 0.3 is 0 Å². The molecule has 2 aromatic carbocycles. The number of aromatic nitrogens is 2. The van der Waals surface area contributed by atoms with Gasteiger partial charge in [0, 0.05) is 17.1 Å². The number of carbonyl (C=O) groups excluding carboxylic acids is 1. The van der Waals surface area contributed by atoms with Crippen molar-refractivity contribution >= 4 is 28.2 Å². The van der Waals surface area contributed by atoms with E-state index in [9.17, 15) is 14.9 Å². The standard InChI is InChI=1S/C16H14N4O4/c1-24-13-7-5-12(6-8-13)18-15(21)10-19-16-11(9-17-19)3-2-4-14(16)20(22)23/h2-9H,10H2,1H3,(H,18,21). The Bertz CT molecular complexity index is 902. The summed E-state index contributed by atoms with van der Waals surface area (Å²) in [6, 6.07) is 11.6. The highest BCUT2D eigenvalue weighted by Crippen LogP contribution is 2.25. The van der Waals surface area contributed by atoms with Crippen LogP contribution in [0, 0.1) is 10.1 Å². The molecular weight excluding hydrogens is 312 g/mol. The maximum atomic E-state index is 12.2. The molecule has 3 rings (SSSR count). The maximum absolute atomic E-state index is 12.2. The number of ether oxygens (including phenoxy) is 1. The van der Waals surface area contributed by atoms with Crippen molar-refractivity contribution in [3.63, 3.8) is 0 Å². The van der Waals surface area contributed by atoms with Crippen molar-refractivity contribution in [1.29, 1.82) is 0 Å². The highest BCUT2D eigenvalue weighted by atomic mass is 16.6. The summed E-state index contributed by atoms with van der Waals surface area (Å²) in [7, 11) is 1.56. The highest BCUT2D eigenvalue weighted by Gasteiger charge is 2.18. The fraction of sp³-hybridized carbons (Fsp3) is 0.125. The van der Waals surface area contributed by atoms with Crippen molar-refractivity contribution in [1.82, 2.24) is 9.78 Å². The predicted molar refractivity (Wildman–Crippen MR) is 88.0 cm³/mol. The zero-order valence-corrected chi connectivity index (χ0v) is 12.8. The van der Waals surface area contributed by atoms with Crippen molar-refractivity contribution < 1.29 is 14.5 Å². The lowest BCUT2D eigenvalue weighted by Crippen LogP contribution is -2.19. The molecule has 1 amide bonds. The molecule has 0 saturated heterocycles. The first-order valence-electron chi connectivity index (χ1n) is 7.11. The number of nitro benzene ring substituents is 1. The van der Waals surface area contributed by atoms with Gasteiger partial charge in [-0.3, -0.25) is 14.9 Å². The molecule has 0 aliphatic rings. The molecule has 1 N–H and O–H groups in total. The van der Waals surface area contributed by atoms with Crippen molar-refractivity contribution in [2.75, 3.05) is 12.4 Å². The summed E-state index contributed by atoms with van der Waals surface area (Å²) in [5, 5.41) is 18.6. The molecule has 0 saturated carbocycles. The lowest BCUT2D eigenvalue weighted by molar-refractivity contribution is -0.383. The number of fused-ring (bicyclic) bond motifs is 1. The number of nitrogens with one attached hydrogen (secondary N) is 1. The van der Waals surface area contributed by atoms with Gasteiger partial charge in [-0.2, -0.15) is 5.10 Å². The smallest absolute Gasteiger partial charge is 0.295 e. The maximum Gasteiger partial charge on any atom is 0.295 e. The van der Waals surface area contributed by atoms with Crippen LogP contribution in [0.5, 0.6) is 5.75 Å². The van der Waals surface area contributed by atoms with Crippen molar-refractivity contribution in [3.8, 4) is 5.75 Å². The van der Waals surface area contributed by atoms with Crippen molar-refractivity contribution in [2.24, 2.45) is 0 Å². The van der Waals surface area contributed by atoms with Crippen LogP contribution in [0.15, 0.2) is 48.7 Å². The van der Waals surface area contributed by atoms with Crippen molar-refractivity contribution in [3.05, 3.63) is 58.8 Å². The van der Waals surface area contributed by atoms with Gasteiger partial charge in [-0.1, -0.05) is 12.1 Å². The predicted octanol–water partition coefficient (Wildman–Crippen LogP) is 2.59. The largest absolute Gasteiger partial charge is 0.497 e. The number of anilines is 1. The molecule has 1 heterocycles. The van der Waals surface area contributed by atoms with Gasteiger partial charge < -0.3 is 10.1 Å². The molecule has 0 atom stereocenters. The molecule has 0 aliphatic heterocycles. The first-order valence-corrected chi connectivity index (χ1v) is 7.11. The Morgan fingerprint density at radius 3 is 2.71 bits per heavy atom. The Balaban J connectivity index is 1.81. The number of nitro groups is 1. The minimum absolute atomic E-state index is 0.0813. The third-order valence-electron chi connectivity index (χ3n) is 3.50. The van der Waals surface area contributed by atoms with Crippen LogP contribution in [0.4, 0.5) is 11.4 Å². The number of non-ortho nitro benzene ring substituents is 1. The zero-order chi connectivity index (χ0) is 17.1. The molecule has 8 heteroatoms.